The number of pyridine rings is 2. The lowest BCUT2D eigenvalue weighted by molar-refractivity contribution is -0.155. The molecule has 59 heavy (non-hydrogen) atoms. The van der Waals surface area contributed by atoms with Gasteiger partial charge in [0, 0.05) is 47.4 Å². The van der Waals surface area contributed by atoms with E-state index in [2.05, 4.69) is 20.6 Å². The molecule has 304 valence electrons. The van der Waals surface area contributed by atoms with Crippen molar-refractivity contribution in [2.45, 2.75) is 59.8 Å². The standard InChI is InChI=1S/C47H48N4O8/c1-5-13-38(52)34-28-48-46-32(44(34)50-36-19-9-7-15-30(36)3)17-11-21-40(46)56-23-25-58-42(54)27-43(55)59-26-24-57-41-22-12-18-33-45(51-37-20-10-8-16-31(37)4)35(29-49-47(33)41)39(53)14-6-2/h7-12,15-22,28-29H,5-6,13-14,23-27H2,1-4H3,(H,48,50)(H,49,51). The highest BCUT2D eigenvalue weighted by Crippen LogP contribution is 2.36. The molecule has 2 aromatic heterocycles. The number of hydrogen-bond acceptors (Lipinski definition) is 12. The van der Waals surface area contributed by atoms with Gasteiger partial charge in [-0.2, -0.15) is 0 Å². The number of para-hydroxylation sites is 4. The Morgan fingerprint density at radius 1 is 0.542 bits per heavy atom. The Bertz CT molecular complexity index is 2310. The third-order valence-corrected chi connectivity index (χ3v) is 9.58. The average molecular weight is 797 g/mol. The number of benzene rings is 4. The number of esters is 2. The van der Waals surface area contributed by atoms with E-state index in [1.165, 1.54) is 0 Å². The Morgan fingerprint density at radius 2 is 0.966 bits per heavy atom. The number of aryl methyl sites for hydroxylation is 2. The lowest BCUT2D eigenvalue weighted by Crippen LogP contribution is -2.19. The van der Waals surface area contributed by atoms with Gasteiger partial charge in [0.05, 0.1) is 22.5 Å². The number of nitrogens with one attached hydrogen (secondary N) is 2. The molecular formula is C47H48N4O8. The lowest BCUT2D eigenvalue weighted by Gasteiger charge is -2.17. The van der Waals surface area contributed by atoms with Crippen LogP contribution < -0.4 is 20.1 Å². The number of rotatable bonds is 20. The third-order valence-electron chi connectivity index (χ3n) is 9.58. The number of ether oxygens (including phenoxy) is 4. The van der Waals surface area contributed by atoms with Crippen molar-refractivity contribution in [3.63, 3.8) is 0 Å². The molecule has 0 saturated carbocycles. The van der Waals surface area contributed by atoms with Crippen LogP contribution in [0.4, 0.5) is 22.7 Å². The Morgan fingerprint density at radius 3 is 1.37 bits per heavy atom. The zero-order chi connectivity index (χ0) is 41.7. The van der Waals surface area contributed by atoms with E-state index in [1.54, 1.807) is 24.5 Å². The zero-order valence-corrected chi connectivity index (χ0v) is 33.8. The van der Waals surface area contributed by atoms with Crippen molar-refractivity contribution in [2.24, 2.45) is 0 Å². The molecule has 0 amide bonds. The van der Waals surface area contributed by atoms with E-state index < -0.39 is 18.4 Å². The van der Waals surface area contributed by atoms with Gasteiger partial charge < -0.3 is 29.6 Å². The molecular weight excluding hydrogens is 749 g/mol. The minimum atomic E-state index is -0.764. The lowest BCUT2D eigenvalue weighted by atomic mass is 10.0. The summed E-state index contributed by atoms with van der Waals surface area (Å²) in [4.78, 5) is 60.3. The van der Waals surface area contributed by atoms with Crippen LogP contribution in [0.25, 0.3) is 21.8 Å². The maximum atomic E-state index is 13.1. The molecule has 0 spiro atoms. The van der Waals surface area contributed by atoms with Gasteiger partial charge in [-0.05, 0) is 62.1 Å². The fourth-order valence-corrected chi connectivity index (χ4v) is 6.57. The quantitative estimate of drug-likeness (QED) is 0.0327. The molecule has 0 saturated heterocycles. The first-order valence-corrected chi connectivity index (χ1v) is 19.8. The van der Waals surface area contributed by atoms with E-state index in [0.29, 0.717) is 81.5 Å². The summed E-state index contributed by atoms with van der Waals surface area (Å²) in [6.07, 6.45) is 4.74. The van der Waals surface area contributed by atoms with E-state index in [-0.39, 0.29) is 38.0 Å². The van der Waals surface area contributed by atoms with Gasteiger partial charge in [-0.3, -0.25) is 29.1 Å². The Balaban J connectivity index is 1.01. The van der Waals surface area contributed by atoms with Gasteiger partial charge >= 0.3 is 11.9 Å². The number of carbonyl (C=O) groups excluding carboxylic acids is 4. The van der Waals surface area contributed by atoms with Gasteiger partial charge in [0.15, 0.2) is 11.6 Å². The summed E-state index contributed by atoms with van der Waals surface area (Å²) in [6.45, 7) is 7.67. The van der Waals surface area contributed by atoms with E-state index in [1.807, 2.05) is 100 Å². The van der Waals surface area contributed by atoms with Gasteiger partial charge in [-0.15, -0.1) is 0 Å². The molecule has 0 bridgehead atoms. The first kappa shape index (κ1) is 41.8. The maximum Gasteiger partial charge on any atom is 0.317 e. The molecule has 0 aliphatic heterocycles. The Kier molecular flexibility index (Phi) is 14.2. The number of aromatic nitrogens is 2. The Hall–Kier alpha value is -6.82. The van der Waals surface area contributed by atoms with Gasteiger partial charge in [0.2, 0.25) is 0 Å². The van der Waals surface area contributed by atoms with Crippen molar-refractivity contribution >= 4 is 68.1 Å². The maximum absolute atomic E-state index is 13.1. The van der Waals surface area contributed by atoms with Crippen molar-refractivity contribution in [3.8, 4) is 11.5 Å². The fourth-order valence-electron chi connectivity index (χ4n) is 6.57. The average Bonchev–Trinajstić information content (AvgIpc) is 3.23. The fraction of sp³-hybridized carbons (Fsp3) is 0.277. The van der Waals surface area contributed by atoms with E-state index in [9.17, 15) is 19.2 Å². The van der Waals surface area contributed by atoms with Crippen LogP contribution >= 0.6 is 0 Å². The largest absolute Gasteiger partial charge is 0.488 e. The van der Waals surface area contributed by atoms with Crippen molar-refractivity contribution < 1.29 is 38.1 Å². The molecule has 2 N–H and O–H groups in total. The van der Waals surface area contributed by atoms with E-state index in [4.69, 9.17) is 18.9 Å². The topological polar surface area (TPSA) is 155 Å². The molecule has 0 unspecified atom stereocenters. The summed E-state index contributed by atoms with van der Waals surface area (Å²) in [6, 6.07) is 26.5. The molecule has 0 radical (unpaired) electrons. The number of nitrogens with zero attached hydrogens (tertiary/aromatic N) is 2. The zero-order valence-electron chi connectivity index (χ0n) is 33.8. The molecule has 12 nitrogen and oxygen atoms in total. The molecule has 0 fully saturated rings. The predicted octanol–water partition coefficient (Wildman–Crippen LogP) is 9.79. The van der Waals surface area contributed by atoms with Gasteiger partial charge in [0.25, 0.3) is 0 Å². The Labute approximate surface area is 343 Å². The minimum Gasteiger partial charge on any atom is -0.488 e. The number of carbonyl (C=O) groups is 4. The monoisotopic (exact) mass is 796 g/mol. The van der Waals surface area contributed by atoms with Crippen LogP contribution in [0.15, 0.2) is 97.3 Å². The van der Waals surface area contributed by atoms with Crippen LogP contribution in [0, 0.1) is 13.8 Å². The highest BCUT2D eigenvalue weighted by Gasteiger charge is 2.20. The second-order valence-corrected chi connectivity index (χ2v) is 13.9. The summed E-state index contributed by atoms with van der Waals surface area (Å²) >= 11 is 0. The molecule has 6 aromatic rings. The summed E-state index contributed by atoms with van der Waals surface area (Å²) in [5.41, 5.74) is 7.14. The van der Waals surface area contributed by atoms with Crippen molar-refractivity contribution in [1.82, 2.24) is 9.97 Å². The molecule has 0 aliphatic rings. The van der Waals surface area contributed by atoms with E-state index in [0.717, 1.165) is 22.5 Å². The van der Waals surface area contributed by atoms with Gasteiger partial charge in [0.1, 0.15) is 55.4 Å². The highest BCUT2D eigenvalue weighted by molar-refractivity contribution is 6.11. The summed E-state index contributed by atoms with van der Waals surface area (Å²) < 4.78 is 22.4. The highest BCUT2D eigenvalue weighted by atomic mass is 16.6. The number of Topliss-reactive ketones (excluding diaryl/α,β-unsaturated/α-hetero) is 2. The number of ketones is 2. The number of hydrogen-bond donors (Lipinski definition) is 2. The van der Waals surface area contributed by atoms with Crippen LogP contribution in [0.2, 0.25) is 0 Å². The smallest absolute Gasteiger partial charge is 0.317 e. The van der Waals surface area contributed by atoms with Crippen LogP contribution in [-0.2, 0) is 19.1 Å². The summed E-state index contributed by atoms with van der Waals surface area (Å²) in [5.74, 6) is -0.654. The minimum absolute atomic E-state index is 0.00199. The SMILES string of the molecule is CCCC(=O)c1cnc2c(OCCOC(=O)CC(=O)OCCOc3cccc4c(Nc5ccccc5C)c(C(=O)CCC)cnc34)cccc2c1Nc1ccccc1C. The first-order valence-electron chi connectivity index (χ1n) is 19.8. The van der Waals surface area contributed by atoms with E-state index >= 15 is 0 Å². The van der Waals surface area contributed by atoms with Crippen LogP contribution in [0.3, 0.4) is 0 Å². The normalized spacial score (nSPS) is 10.9. The first-order chi connectivity index (χ1) is 28.7. The van der Waals surface area contributed by atoms with Crippen LogP contribution in [0.1, 0.15) is 77.8 Å². The van der Waals surface area contributed by atoms with Crippen molar-refractivity contribution in [1.29, 1.82) is 0 Å². The van der Waals surface area contributed by atoms with Crippen LogP contribution in [0.5, 0.6) is 11.5 Å². The van der Waals surface area contributed by atoms with Crippen LogP contribution in [-0.4, -0.2) is 59.9 Å². The molecule has 0 atom stereocenters. The number of fused-ring (bicyclic) bond motifs is 2. The molecule has 2 heterocycles. The summed E-state index contributed by atoms with van der Waals surface area (Å²) in [5, 5.41) is 8.32. The summed E-state index contributed by atoms with van der Waals surface area (Å²) in [7, 11) is 0. The number of anilines is 4. The van der Waals surface area contributed by atoms with Gasteiger partial charge in [-0.1, -0.05) is 74.5 Å². The molecule has 12 heteroatoms. The predicted molar refractivity (Wildman–Crippen MR) is 228 cm³/mol. The van der Waals surface area contributed by atoms with Crippen molar-refractivity contribution in [3.05, 3.63) is 120 Å². The van der Waals surface area contributed by atoms with Gasteiger partial charge in [-0.25, -0.2) is 0 Å². The molecule has 0 aliphatic carbocycles. The van der Waals surface area contributed by atoms with Crippen molar-refractivity contribution in [2.75, 3.05) is 37.1 Å². The third kappa shape index (κ3) is 10.4. The second kappa shape index (κ2) is 20.0. The second-order valence-electron chi connectivity index (χ2n) is 13.9. The molecule has 4 aromatic carbocycles. The molecule has 6 rings (SSSR count).